The van der Waals surface area contributed by atoms with Crippen molar-refractivity contribution in [2.75, 3.05) is 0 Å². The van der Waals surface area contributed by atoms with Gasteiger partial charge in [-0.05, 0) is 31.9 Å². The van der Waals surface area contributed by atoms with Gasteiger partial charge in [0.2, 0.25) is 5.78 Å². The van der Waals surface area contributed by atoms with Gasteiger partial charge in [-0.2, -0.15) is 0 Å². The fourth-order valence-electron chi connectivity index (χ4n) is 1.84. The number of nitrogens with zero attached hydrogens (tertiary/aromatic N) is 1. The van der Waals surface area contributed by atoms with Crippen LogP contribution in [-0.4, -0.2) is 16.9 Å². The summed E-state index contributed by atoms with van der Waals surface area (Å²) in [6, 6.07) is 7.14. The first kappa shape index (κ1) is 13.3. The van der Waals surface area contributed by atoms with Crippen LogP contribution in [-0.2, 0) is 0 Å². The Balaban J connectivity index is 1.81. The molecule has 1 aliphatic carbocycles. The summed E-state index contributed by atoms with van der Waals surface area (Å²) in [5, 5.41) is 2.54. The second kappa shape index (κ2) is 5.34. The molecule has 20 heavy (non-hydrogen) atoms. The van der Waals surface area contributed by atoms with Crippen LogP contribution in [0, 0.1) is 0 Å². The predicted octanol–water partition coefficient (Wildman–Crippen LogP) is 2.94. The van der Waals surface area contributed by atoms with E-state index in [1.165, 1.54) is 11.3 Å². The molecule has 1 unspecified atom stereocenters. The van der Waals surface area contributed by atoms with Gasteiger partial charge in [-0.3, -0.25) is 4.79 Å². The number of rotatable bonds is 5. The molecule has 3 rings (SSSR count). The molecule has 0 bridgehead atoms. The molecule has 0 spiro atoms. The van der Waals surface area contributed by atoms with Crippen molar-refractivity contribution in [2.45, 2.75) is 31.9 Å². The lowest BCUT2D eigenvalue weighted by atomic mass is 10.1. The normalized spacial score (nSPS) is 15.9. The summed E-state index contributed by atoms with van der Waals surface area (Å²) in [7, 11) is 0. The standard InChI is InChI=1S/C15H16N2O2S/c1-9(16)15-17-13(8-20-15)14(18)10-3-2-4-12(7-10)19-11-5-6-11/h2-4,7-9,11H,5-6,16H2,1H3. The van der Waals surface area contributed by atoms with Crippen LogP contribution in [0.1, 0.15) is 46.9 Å². The number of hydrogen-bond donors (Lipinski definition) is 1. The number of benzene rings is 1. The molecule has 104 valence electrons. The molecule has 2 aromatic rings. The number of ether oxygens (including phenoxy) is 1. The highest BCUT2D eigenvalue weighted by molar-refractivity contribution is 7.09. The van der Waals surface area contributed by atoms with Gasteiger partial charge in [0.25, 0.3) is 0 Å². The van der Waals surface area contributed by atoms with E-state index in [0.717, 1.165) is 23.6 Å². The van der Waals surface area contributed by atoms with Crippen molar-refractivity contribution in [3.8, 4) is 5.75 Å². The van der Waals surface area contributed by atoms with Gasteiger partial charge in [-0.25, -0.2) is 4.98 Å². The fraction of sp³-hybridized carbons (Fsp3) is 0.333. The average molecular weight is 288 g/mol. The number of nitrogens with two attached hydrogens (primary N) is 1. The Labute approximate surface area is 121 Å². The van der Waals surface area contributed by atoms with E-state index in [2.05, 4.69) is 4.98 Å². The van der Waals surface area contributed by atoms with Crippen molar-refractivity contribution in [3.05, 3.63) is 45.9 Å². The molecule has 0 saturated heterocycles. The largest absolute Gasteiger partial charge is 0.490 e. The molecule has 1 atom stereocenters. The van der Waals surface area contributed by atoms with Crippen molar-refractivity contribution in [3.63, 3.8) is 0 Å². The molecular formula is C15H16N2O2S. The molecule has 0 radical (unpaired) electrons. The Morgan fingerprint density at radius 1 is 1.50 bits per heavy atom. The monoisotopic (exact) mass is 288 g/mol. The van der Waals surface area contributed by atoms with Crippen LogP contribution in [0.4, 0.5) is 0 Å². The molecule has 1 aromatic heterocycles. The molecule has 2 N–H and O–H groups in total. The van der Waals surface area contributed by atoms with Crippen LogP contribution < -0.4 is 10.5 Å². The fourth-order valence-corrected chi connectivity index (χ4v) is 2.60. The first-order chi connectivity index (χ1) is 9.63. The van der Waals surface area contributed by atoms with Gasteiger partial charge >= 0.3 is 0 Å². The molecule has 1 aromatic carbocycles. The average Bonchev–Trinajstić information content (AvgIpc) is 3.10. The van der Waals surface area contributed by atoms with Crippen LogP contribution in [0.15, 0.2) is 29.6 Å². The summed E-state index contributed by atoms with van der Waals surface area (Å²) in [6.07, 6.45) is 2.52. The van der Waals surface area contributed by atoms with E-state index in [-0.39, 0.29) is 11.8 Å². The van der Waals surface area contributed by atoms with Crippen LogP contribution in [0.25, 0.3) is 0 Å². The minimum atomic E-state index is -0.147. The maximum Gasteiger partial charge on any atom is 0.212 e. The van der Waals surface area contributed by atoms with Crippen LogP contribution in [0.2, 0.25) is 0 Å². The quantitative estimate of drug-likeness (QED) is 0.859. The maximum absolute atomic E-state index is 12.4. The van der Waals surface area contributed by atoms with Gasteiger partial charge in [-0.15, -0.1) is 11.3 Å². The Bertz CT molecular complexity index is 632. The van der Waals surface area contributed by atoms with Crippen molar-refractivity contribution >= 4 is 17.1 Å². The van der Waals surface area contributed by atoms with E-state index in [1.54, 1.807) is 17.5 Å². The second-order valence-corrected chi connectivity index (χ2v) is 5.92. The smallest absolute Gasteiger partial charge is 0.212 e. The number of aromatic nitrogens is 1. The minimum Gasteiger partial charge on any atom is -0.490 e. The lowest BCUT2D eigenvalue weighted by Gasteiger charge is -2.05. The highest BCUT2D eigenvalue weighted by Gasteiger charge is 2.24. The summed E-state index contributed by atoms with van der Waals surface area (Å²) in [5.41, 5.74) is 6.82. The lowest BCUT2D eigenvalue weighted by Crippen LogP contribution is -2.07. The first-order valence-corrected chi connectivity index (χ1v) is 7.54. The van der Waals surface area contributed by atoms with Crippen molar-refractivity contribution < 1.29 is 9.53 Å². The Morgan fingerprint density at radius 3 is 2.95 bits per heavy atom. The predicted molar refractivity (Wildman–Crippen MR) is 78.2 cm³/mol. The van der Waals surface area contributed by atoms with Gasteiger partial charge in [0.15, 0.2) is 0 Å². The summed E-state index contributed by atoms with van der Waals surface area (Å²) >= 11 is 1.42. The molecule has 5 heteroatoms. The highest BCUT2D eigenvalue weighted by atomic mass is 32.1. The van der Waals surface area contributed by atoms with E-state index in [0.29, 0.717) is 17.4 Å². The highest BCUT2D eigenvalue weighted by Crippen LogP contribution is 2.27. The third-order valence-electron chi connectivity index (χ3n) is 3.07. The van der Waals surface area contributed by atoms with Gasteiger partial charge in [0, 0.05) is 10.9 Å². The van der Waals surface area contributed by atoms with Gasteiger partial charge in [0.1, 0.15) is 16.5 Å². The minimum absolute atomic E-state index is 0.0885. The Kier molecular flexibility index (Phi) is 3.54. The Hall–Kier alpha value is -1.72. The summed E-state index contributed by atoms with van der Waals surface area (Å²) in [6.45, 7) is 1.86. The van der Waals surface area contributed by atoms with Crippen molar-refractivity contribution in [1.29, 1.82) is 0 Å². The molecule has 4 nitrogen and oxygen atoms in total. The first-order valence-electron chi connectivity index (χ1n) is 6.66. The molecule has 1 heterocycles. The van der Waals surface area contributed by atoms with E-state index in [4.69, 9.17) is 10.5 Å². The van der Waals surface area contributed by atoms with Crippen molar-refractivity contribution in [1.82, 2.24) is 4.98 Å². The molecule has 1 aliphatic rings. The van der Waals surface area contributed by atoms with Gasteiger partial charge in [0.05, 0.1) is 12.1 Å². The third-order valence-corrected chi connectivity index (χ3v) is 4.11. The number of hydrogen-bond acceptors (Lipinski definition) is 5. The summed E-state index contributed by atoms with van der Waals surface area (Å²) in [5.74, 6) is 0.662. The Morgan fingerprint density at radius 2 is 2.30 bits per heavy atom. The maximum atomic E-state index is 12.4. The number of carbonyl (C=O) groups excluding carboxylic acids is 1. The second-order valence-electron chi connectivity index (χ2n) is 5.03. The molecular weight excluding hydrogens is 272 g/mol. The number of carbonyl (C=O) groups is 1. The topological polar surface area (TPSA) is 65.2 Å². The zero-order valence-corrected chi connectivity index (χ0v) is 12.0. The SMILES string of the molecule is CC(N)c1nc(C(=O)c2cccc(OC3CC3)c2)cs1. The van der Waals surface area contributed by atoms with Gasteiger partial charge < -0.3 is 10.5 Å². The molecule has 1 saturated carbocycles. The number of thiazole rings is 1. The zero-order chi connectivity index (χ0) is 14.1. The third kappa shape index (κ3) is 2.89. The van der Waals surface area contributed by atoms with E-state index in [9.17, 15) is 4.79 Å². The van der Waals surface area contributed by atoms with E-state index in [1.807, 2.05) is 19.1 Å². The van der Waals surface area contributed by atoms with E-state index < -0.39 is 0 Å². The molecule has 1 fully saturated rings. The zero-order valence-electron chi connectivity index (χ0n) is 11.2. The van der Waals surface area contributed by atoms with Crippen LogP contribution in [0.3, 0.4) is 0 Å². The van der Waals surface area contributed by atoms with Crippen LogP contribution >= 0.6 is 11.3 Å². The summed E-state index contributed by atoms with van der Waals surface area (Å²) < 4.78 is 5.71. The molecule has 0 aliphatic heterocycles. The summed E-state index contributed by atoms with van der Waals surface area (Å²) in [4.78, 5) is 16.7. The van der Waals surface area contributed by atoms with E-state index >= 15 is 0 Å². The van der Waals surface area contributed by atoms with Crippen LogP contribution in [0.5, 0.6) is 5.75 Å². The number of ketones is 1. The van der Waals surface area contributed by atoms with Crippen molar-refractivity contribution in [2.24, 2.45) is 5.73 Å². The van der Waals surface area contributed by atoms with Gasteiger partial charge in [-0.1, -0.05) is 12.1 Å². The molecule has 0 amide bonds. The lowest BCUT2D eigenvalue weighted by molar-refractivity contribution is 0.103.